The summed E-state index contributed by atoms with van der Waals surface area (Å²) in [6, 6.07) is 10.3. The summed E-state index contributed by atoms with van der Waals surface area (Å²) >= 11 is 0. The highest BCUT2D eigenvalue weighted by Gasteiger charge is 2.40. The number of anilines is 1. The van der Waals surface area contributed by atoms with Crippen LogP contribution in [-0.4, -0.2) is 46.4 Å². The number of hydrogen-bond donors (Lipinski definition) is 1. The lowest BCUT2D eigenvalue weighted by Gasteiger charge is -2.44. The molecule has 9 nitrogen and oxygen atoms in total. The van der Waals surface area contributed by atoms with E-state index in [-0.39, 0.29) is 30.0 Å². The first kappa shape index (κ1) is 18.0. The van der Waals surface area contributed by atoms with E-state index in [1.54, 1.807) is 27.7 Å². The number of carbonyl (C=O) groups is 1. The van der Waals surface area contributed by atoms with E-state index < -0.39 is 16.9 Å². The molecule has 0 radical (unpaired) electrons. The fourth-order valence-electron chi connectivity index (χ4n) is 4.60. The number of piperidine rings is 1. The van der Waals surface area contributed by atoms with Crippen LogP contribution in [0, 0.1) is 11.1 Å². The Morgan fingerprint density at radius 2 is 1.93 bits per heavy atom. The Hall–Kier alpha value is -3.04. The first-order chi connectivity index (χ1) is 14.0. The molecule has 3 atom stereocenters. The average Bonchev–Trinajstić information content (AvgIpc) is 2.73. The molecule has 0 spiro atoms. The molecule has 1 fully saturated rings. The quantitative estimate of drug-likeness (QED) is 0.761. The molecular formula is C20H20N3O6-. The van der Waals surface area contributed by atoms with Crippen LogP contribution in [0.4, 0.5) is 5.69 Å². The third-order valence-electron chi connectivity index (χ3n) is 5.89. The molecule has 5 rings (SSSR count). The second-order valence-electron chi connectivity index (χ2n) is 7.74. The van der Waals surface area contributed by atoms with E-state index in [0.717, 1.165) is 12.1 Å². The van der Waals surface area contributed by atoms with Gasteiger partial charge in [0.25, 0.3) is 11.5 Å². The van der Waals surface area contributed by atoms with Gasteiger partial charge < -0.3 is 29.4 Å². The summed E-state index contributed by atoms with van der Waals surface area (Å²) in [7, 11) is 0. The molecule has 152 valence electrons. The van der Waals surface area contributed by atoms with Crippen LogP contribution < -0.4 is 20.3 Å². The highest BCUT2D eigenvalue weighted by Crippen LogP contribution is 2.37. The number of benzene rings is 1. The molecule has 3 aliphatic rings. The van der Waals surface area contributed by atoms with Gasteiger partial charge in [0, 0.05) is 31.2 Å². The average molecular weight is 398 g/mol. The third-order valence-corrected chi connectivity index (χ3v) is 5.89. The third kappa shape index (κ3) is 3.02. The molecule has 1 saturated heterocycles. The van der Waals surface area contributed by atoms with Gasteiger partial charge >= 0.3 is 0 Å². The van der Waals surface area contributed by atoms with Crippen LogP contribution in [0.5, 0.6) is 11.5 Å². The molecule has 1 N–H and O–H groups in total. The highest BCUT2D eigenvalue weighted by molar-refractivity contribution is 5.82. The Bertz CT molecular complexity index is 1020. The Morgan fingerprint density at radius 1 is 1.14 bits per heavy atom. The molecule has 29 heavy (non-hydrogen) atoms. The number of rotatable bonds is 2. The molecule has 0 aliphatic carbocycles. The summed E-state index contributed by atoms with van der Waals surface area (Å²) in [6.07, 6.45) is 0.171. The van der Waals surface area contributed by atoms with Crippen molar-refractivity contribution in [1.82, 2.24) is 9.47 Å². The topological polar surface area (TPSA) is 107 Å². The van der Waals surface area contributed by atoms with E-state index in [4.69, 9.17) is 14.7 Å². The largest absolute Gasteiger partial charge is 0.733 e. The minimum absolute atomic E-state index is 0.0104. The summed E-state index contributed by atoms with van der Waals surface area (Å²) in [5.41, 5.74) is -0.0244. The van der Waals surface area contributed by atoms with Gasteiger partial charge in [-0.15, -0.1) is 0 Å². The summed E-state index contributed by atoms with van der Waals surface area (Å²) in [6.45, 7) is 1.54. The lowest BCUT2D eigenvalue weighted by atomic mass is 9.83. The SMILES string of the molecule is O=C(C1COc2ccccc2O1)N1C[C@@H]2C[C@@H](C1)c1ccc(N([O-])O)c(=O)n1C2. The Balaban J connectivity index is 1.37. The van der Waals surface area contributed by atoms with Gasteiger partial charge in [-0.3, -0.25) is 14.8 Å². The summed E-state index contributed by atoms with van der Waals surface area (Å²) in [4.78, 5) is 27.4. The number of aromatic nitrogens is 1. The maximum atomic E-state index is 13.1. The molecule has 2 aromatic rings. The number of ether oxygens (including phenoxy) is 2. The summed E-state index contributed by atoms with van der Waals surface area (Å²) < 4.78 is 13.1. The van der Waals surface area contributed by atoms with Gasteiger partial charge in [0.05, 0.1) is 0 Å². The van der Waals surface area contributed by atoms with Crippen molar-refractivity contribution in [3.63, 3.8) is 0 Å². The number of nitrogens with zero attached hydrogens (tertiary/aromatic N) is 3. The number of hydrogen-bond acceptors (Lipinski definition) is 7. The van der Waals surface area contributed by atoms with Gasteiger partial charge in [-0.25, -0.2) is 0 Å². The molecule has 1 aromatic heterocycles. The predicted molar refractivity (Wildman–Crippen MR) is 102 cm³/mol. The maximum absolute atomic E-state index is 13.1. The van der Waals surface area contributed by atoms with Gasteiger partial charge in [0.2, 0.25) is 6.10 Å². The van der Waals surface area contributed by atoms with Crippen molar-refractivity contribution < 1.29 is 19.5 Å². The van der Waals surface area contributed by atoms with Gasteiger partial charge in [-0.1, -0.05) is 12.1 Å². The van der Waals surface area contributed by atoms with Crippen molar-refractivity contribution >= 4 is 11.6 Å². The second kappa shape index (κ2) is 6.78. The Morgan fingerprint density at radius 3 is 2.72 bits per heavy atom. The van der Waals surface area contributed by atoms with Crippen molar-refractivity contribution in [2.75, 3.05) is 24.9 Å². The first-order valence-corrected chi connectivity index (χ1v) is 9.58. The van der Waals surface area contributed by atoms with Crippen LogP contribution in [-0.2, 0) is 11.3 Å². The van der Waals surface area contributed by atoms with Crippen molar-refractivity contribution in [3.8, 4) is 11.5 Å². The first-order valence-electron chi connectivity index (χ1n) is 9.58. The zero-order valence-electron chi connectivity index (χ0n) is 15.6. The molecule has 2 bridgehead atoms. The lowest BCUT2D eigenvalue weighted by molar-refractivity contribution is -0.144. The fraction of sp³-hybridized carbons (Fsp3) is 0.400. The van der Waals surface area contributed by atoms with E-state index in [1.807, 2.05) is 12.1 Å². The van der Waals surface area contributed by atoms with Gasteiger partial charge in [0.1, 0.15) is 12.3 Å². The van der Waals surface area contributed by atoms with E-state index in [9.17, 15) is 14.8 Å². The lowest BCUT2D eigenvalue weighted by Crippen LogP contribution is -2.54. The zero-order chi connectivity index (χ0) is 20.1. The number of amides is 1. The molecule has 3 aliphatic heterocycles. The normalized spacial score (nSPS) is 24.6. The van der Waals surface area contributed by atoms with Crippen LogP contribution in [0.1, 0.15) is 18.0 Å². The standard InChI is InChI=1S/C20H20N3O6/c24-19-15(23(26)27)6-5-14-13-7-12(9-22(14)19)8-21(10-13)20(25)18-11-28-16-3-1-2-4-17(16)29-18/h1-6,12-13,18,26H,7-11H2/q-1/t12-,13-,18?/m0/s1. The maximum Gasteiger partial charge on any atom is 0.275 e. The minimum Gasteiger partial charge on any atom is -0.733 e. The van der Waals surface area contributed by atoms with E-state index in [2.05, 4.69) is 0 Å². The molecule has 9 heteroatoms. The van der Waals surface area contributed by atoms with Crippen molar-refractivity contribution in [2.45, 2.75) is 25.0 Å². The number of fused-ring (bicyclic) bond motifs is 5. The van der Waals surface area contributed by atoms with Gasteiger partial charge in [-0.05, 0) is 36.6 Å². The summed E-state index contributed by atoms with van der Waals surface area (Å²) in [5.74, 6) is 1.15. The number of pyridine rings is 1. The van der Waals surface area contributed by atoms with E-state index in [0.29, 0.717) is 31.1 Å². The monoisotopic (exact) mass is 398 g/mol. The number of likely N-dealkylation sites (tertiary alicyclic amines) is 1. The number of para-hydroxylation sites is 2. The van der Waals surface area contributed by atoms with Crippen molar-refractivity contribution in [2.24, 2.45) is 5.92 Å². The Kier molecular flexibility index (Phi) is 4.21. The van der Waals surface area contributed by atoms with Crippen molar-refractivity contribution in [1.29, 1.82) is 0 Å². The smallest absolute Gasteiger partial charge is 0.275 e. The van der Waals surface area contributed by atoms with Crippen LogP contribution in [0.25, 0.3) is 0 Å². The molecular weight excluding hydrogens is 378 g/mol. The zero-order valence-corrected chi connectivity index (χ0v) is 15.6. The summed E-state index contributed by atoms with van der Waals surface area (Å²) in [5, 5.41) is 19.9. The van der Waals surface area contributed by atoms with Crippen LogP contribution >= 0.6 is 0 Å². The predicted octanol–water partition coefficient (Wildman–Crippen LogP) is 1.33. The van der Waals surface area contributed by atoms with E-state index >= 15 is 0 Å². The molecule has 1 unspecified atom stereocenters. The molecule has 1 aromatic carbocycles. The second-order valence-corrected chi connectivity index (χ2v) is 7.74. The number of carbonyl (C=O) groups excluding carboxylic acids is 1. The molecule has 0 saturated carbocycles. The van der Waals surface area contributed by atoms with Crippen LogP contribution in [0.2, 0.25) is 0 Å². The molecule has 4 heterocycles. The van der Waals surface area contributed by atoms with Crippen molar-refractivity contribution in [3.05, 3.63) is 57.7 Å². The Labute approximate surface area is 166 Å². The van der Waals surface area contributed by atoms with Gasteiger partial charge in [0.15, 0.2) is 11.5 Å². The fourth-order valence-corrected chi connectivity index (χ4v) is 4.60. The molecule has 1 amide bonds. The van der Waals surface area contributed by atoms with Gasteiger partial charge in [-0.2, -0.15) is 0 Å². The minimum atomic E-state index is -0.697. The van der Waals surface area contributed by atoms with E-state index in [1.165, 1.54) is 6.07 Å². The van der Waals surface area contributed by atoms with Crippen LogP contribution in [0.3, 0.4) is 0 Å². The highest BCUT2D eigenvalue weighted by atomic mass is 16.8. The van der Waals surface area contributed by atoms with Crippen LogP contribution in [0.15, 0.2) is 41.2 Å².